The van der Waals surface area contributed by atoms with E-state index in [1.165, 1.54) is 51.4 Å². The van der Waals surface area contributed by atoms with Crippen LogP contribution in [0.1, 0.15) is 141 Å². The summed E-state index contributed by atoms with van der Waals surface area (Å²) in [6, 6.07) is 30.4. The molecule has 4 aromatic rings. The third-order valence-corrected chi connectivity index (χ3v) is 15.4. The quantitative estimate of drug-likeness (QED) is 0.0264. The predicted octanol–water partition coefficient (Wildman–Crippen LogP) is 14.3. The zero-order valence-electron chi connectivity index (χ0n) is 49.3. The summed E-state index contributed by atoms with van der Waals surface area (Å²) in [6.07, 6.45) is 13.4. The van der Waals surface area contributed by atoms with Crippen molar-refractivity contribution in [1.82, 2.24) is 0 Å². The number of carbonyl (C=O) groups excluding carboxylic acids is 2. The Kier molecular flexibility index (Phi) is 27.4. The number of hydrogen-bond acceptors (Lipinski definition) is 12. The van der Waals surface area contributed by atoms with Crippen molar-refractivity contribution < 1.29 is 57.3 Å². The molecule has 0 fully saturated rings. The van der Waals surface area contributed by atoms with Crippen molar-refractivity contribution in [3.05, 3.63) is 154 Å². The molecule has 0 heterocycles. The van der Waals surface area contributed by atoms with Crippen LogP contribution in [0.3, 0.4) is 0 Å². The Morgan fingerprint density at radius 3 is 1.53 bits per heavy atom. The van der Waals surface area contributed by atoms with Gasteiger partial charge < -0.3 is 47.7 Å². The number of esters is 1. The van der Waals surface area contributed by atoms with Crippen molar-refractivity contribution in [2.45, 2.75) is 170 Å². The molecule has 0 saturated carbocycles. The number of aliphatic hydroxyl groups excluding tert-OH is 1. The van der Waals surface area contributed by atoms with Gasteiger partial charge in [0.05, 0.1) is 74.2 Å². The molecule has 0 radical (unpaired) electrons. The maximum absolute atomic E-state index is 14.6. The molecule has 1 aliphatic rings. The first kappa shape index (κ1) is 64.1. The Hall–Kier alpha value is -5.76. The number of unbranched alkanes of at least 4 members (excludes halogenated alkanes) is 7. The second kappa shape index (κ2) is 33.7. The molecular weight excluding hydrogens is 997 g/mol. The molecule has 1 N–H and O–H groups in total. The molecule has 79 heavy (non-hydrogen) atoms. The molecular formula is C67H92O12. The molecule has 5 rings (SSSR count). The molecule has 0 aliphatic heterocycles. The van der Waals surface area contributed by atoms with Crippen LogP contribution >= 0.6 is 0 Å². The summed E-state index contributed by atoms with van der Waals surface area (Å²) in [5.74, 6) is 2.64. The Bertz CT molecular complexity index is 2510. The number of benzene rings is 4. The van der Waals surface area contributed by atoms with Gasteiger partial charge in [-0.2, -0.15) is 0 Å². The van der Waals surface area contributed by atoms with Crippen LogP contribution in [-0.2, 0) is 59.7 Å². The highest BCUT2D eigenvalue weighted by molar-refractivity contribution is 6.03. The van der Waals surface area contributed by atoms with E-state index in [4.69, 9.17) is 42.6 Å². The lowest BCUT2D eigenvalue weighted by molar-refractivity contribution is -0.182. The molecule has 7 atom stereocenters. The van der Waals surface area contributed by atoms with E-state index in [1.807, 2.05) is 98.8 Å². The molecule has 1 unspecified atom stereocenters. The lowest BCUT2D eigenvalue weighted by Crippen LogP contribution is -2.47. The summed E-state index contributed by atoms with van der Waals surface area (Å²) >= 11 is 0. The first-order chi connectivity index (χ1) is 38.1. The second-order valence-corrected chi connectivity index (χ2v) is 21.6. The zero-order valence-corrected chi connectivity index (χ0v) is 49.3. The zero-order chi connectivity index (χ0) is 57.2. The van der Waals surface area contributed by atoms with E-state index in [0.29, 0.717) is 48.2 Å². The monoisotopic (exact) mass is 1090 g/mol. The average Bonchev–Trinajstić information content (AvgIpc) is 3.47. The van der Waals surface area contributed by atoms with Crippen LogP contribution in [0, 0.1) is 17.3 Å². The average molecular weight is 1090 g/mol. The minimum absolute atomic E-state index is 0.0273. The first-order valence-corrected chi connectivity index (χ1v) is 28.5. The number of ketones is 1. The number of hydrogen-bond donors (Lipinski definition) is 1. The van der Waals surface area contributed by atoms with Crippen molar-refractivity contribution in [1.29, 1.82) is 0 Å². The van der Waals surface area contributed by atoms with Crippen molar-refractivity contribution >= 4 is 11.8 Å². The first-order valence-electron chi connectivity index (χ1n) is 28.5. The lowest BCUT2D eigenvalue weighted by Gasteiger charge is -2.34. The van der Waals surface area contributed by atoms with Gasteiger partial charge in [-0.05, 0) is 135 Å². The van der Waals surface area contributed by atoms with Crippen LogP contribution in [0.2, 0.25) is 0 Å². The molecule has 432 valence electrons. The maximum Gasteiger partial charge on any atom is 0.333 e. The fourth-order valence-corrected chi connectivity index (χ4v) is 10.5. The molecule has 0 saturated heterocycles. The number of aliphatic hydroxyl groups is 1. The summed E-state index contributed by atoms with van der Waals surface area (Å²) in [5, 5.41) is 11.0. The molecule has 12 nitrogen and oxygen atoms in total. The van der Waals surface area contributed by atoms with Gasteiger partial charge in [-0.25, -0.2) is 4.79 Å². The number of allylic oxidation sites excluding steroid dienone is 4. The summed E-state index contributed by atoms with van der Waals surface area (Å²) < 4.78 is 54.0. The normalized spacial score (nSPS) is 17.4. The van der Waals surface area contributed by atoms with Gasteiger partial charge in [0.25, 0.3) is 0 Å². The van der Waals surface area contributed by atoms with Crippen LogP contribution in [0.15, 0.2) is 132 Å². The van der Waals surface area contributed by atoms with Crippen LogP contribution in [0.4, 0.5) is 0 Å². The predicted molar refractivity (Wildman–Crippen MR) is 312 cm³/mol. The summed E-state index contributed by atoms with van der Waals surface area (Å²) in [6.45, 7) is 14.8. The SMILES string of the molecule is CCCCCCCCCC[C@H](C)[C@@H](OCc1ccc(OC)cc1)[C@@H](C)/C=C(\C)C1=C(C)C(=O)C(C)(/C=C(\C)C(=O)O[C@H](COCc2ccc(OC)cc2)[C@@H](OCc2ccc(OC)cc2)[C@@H](CO)OCc2ccc(OC)cc2)CC1. The number of rotatable bonds is 36. The third-order valence-electron chi connectivity index (χ3n) is 15.4. The Morgan fingerprint density at radius 1 is 0.620 bits per heavy atom. The van der Waals surface area contributed by atoms with Crippen molar-refractivity contribution in [3.8, 4) is 23.0 Å². The van der Waals surface area contributed by atoms with Gasteiger partial charge in [-0.15, -0.1) is 0 Å². The van der Waals surface area contributed by atoms with Gasteiger partial charge in [-0.3, -0.25) is 4.79 Å². The number of carbonyl (C=O) groups is 2. The molecule has 0 aromatic heterocycles. The Balaban J connectivity index is 1.37. The highest BCUT2D eigenvalue weighted by Gasteiger charge is 2.39. The number of Topliss-reactive ketones (excluding diaryl/α,β-unsaturated/α-hetero) is 1. The van der Waals surface area contributed by atoms with E-state index in [2.05, 4.69) is 45.9 Å². The van der Waals surface area contributed by atoms with Gasteiger partial charge in [0.2, 0.25) is 0 Å². The maximum atomic E-state index is 14.6. The van der Waals surface area contributed by atoms with E-state index >= 15 is 0 Å². The molecule has 4 aromatic carbocycles. The third kappa shape index (κ3) is 20.4. The van der Waals surface area contributed by atoms with Gasteiger partial charge in [0.1, 0.15) is 35.2 Å². The van der Waals surface area contributed by atoms with Crippen molar-refractivity contribution in [2.24, 2.45) is 17.3 Å². The number of ether oxygens (including phenoxy) is 9. The van der Waals surface area contributed by atoms with Gasteiger partial charge >= 0.3 is 5.97 Å². The molecule has 0 bridgehead atoms. The largest absolute Gasteiger partial charge is 0.497 e. The highest BCUT2D eigenvalue weighted by atomic mass is 16.6. The minimum atomic E-state index is -1.06. The Labute approximate surface area is 472 Å². The van der Waals surface area contributed by atoms with Crippen LogP contribution in [0.5, 0.6) is 23.0 Å². The van der Waals surface area contributed by atoms with E-state index < -0.39 is 36.3 Å². The second-order valence-electron chi connectivity index (χ2n) is 21.6. The fraction of sp³-hybridized carbons (Fsp3) is 0.522. The minimum Gasteiger partial charge on any atom is -0.497 e. The lowest BCUT2D eigenvalue weighted by atomic mass is 9.70. The van der Waals surface area contributed by atoms with E-state index in [1.54, 1.807) is 41.4 Å². The molecule has 0 spiro atoms. The van der Waals surface area contributed by atoms with Gasteiger partial charge in [0, 0.05) is 16.9 Å². The molecule has 0 amide bonds. The van der Waals surface area contributed by atoms with E-state index in [9.17, 15) is 14.7 Å². The summed E-state index contributed by atoms with van der Waals surface area (Å²) in [7, 11) is 6.49. The van der Waals surface area contributed by atoms with E-state index in [-0.39, 0.29) is 49.8 Å². The van der Waals surface area contributed by atoms with Gasteiger partial charge in [-0.1, -0.05) is 138 Å². The summed E-state index contributed by atoms with van der Waals surface area (Å²) in [5.41, 5.74) is 5.72. The highest BCUT2D eigenvalue weighted by Crippen LogP contribution is 2.41. The van der Waals surface area contributed by atoms with Crippen LogP contribution in [0.25, 0.3) is 0 Å². The standard InChI is InChI=1S/C67H92O12/c1-12-13-14-15-16-17-18-19-20-47(2)63(77-44-54-25-33-58(73-10)34-26-54)49(4)39-48(3)60-37-38-67(7,65(69)51(60)6)40-50(5)66(70)79-62(46-75-42-52-21-29-56(71-8)30-22-52)64(78-45-55-27-35-59(74-11)36-28-55)61(41-68)76-43-53-23-31-57(72-9)32-24-53/h21-36,39-40,47,49,61-64,68H,12-20,37-38,41-46H2,1-11H3/b48-39+,50-40+/t47-,49-,61+,62+,63+,64-,67?/m0/s1. The summed E-state index contributed by atoms with van der Waals surface area (Å²) in [4.78, 5) is 29.1. The van der Waals surface area contributed by atoms with E-state index in [0.717, 1.165) is 45.6 Å². The molecule has 1 aliphatic carbocycles. The number of methoxy groups -OCH3 is 4. The molecule has 12 heteroatoms. The smallest absolute Gasteiger partial charge is 0.333 e. The topological polar surface area (TPSA) is 137 Å². The van der Waals surface area contributed by atoms with Gasteiger partial charge in [0.15, 0.2) is 11.9 Å². The van der Waals surface area contributed by atoms with Crippen LogP contribution in [-0.4, -0.2) is 82.9 Å². The van der Waals surface area contributed by atoms with Crippen LogP contribution < -0.4 is 18.9 Å². The fourth-order valence-electron chi connectivity index (χ4n) is 10.5. The van der Waals surface area contributed by atoms with Crippen molar-refractivity contribution in [3.63, 3.8) is 0 Å². The Morgan fingerprint density at radius 2 is 1.06 bits per heavy atom. The van der Waals surface area contributed by atoms with Crippen molar-refractivity contribution in [2.75, 3.05) is 41.7 Å².